The van der Waals surface area contributed by atoms with Crippen LogP contribution >= 0.6 is 0 Å². The van der Waals surface area contributed by atoms with E-state index in [-0.39, 0.29) is 24.6 Å². The van der Waals surface area contributed by atoms with Crippen LogP contribution in [0.2, 0.25) is 0 Å². The molecule has 0 aliphatic heterocycles. The van der Waals surface area contributed by atoms with Crippen molar-refractivity contribution >= 4 is 23.0 Å². The number of nitrogens with zero attached hydrogens (tertiary/aromatic N) is 1. The molecule has 0 fully saturated rings. The average Bonchev–Trinajstić information content (AvgIpc) is 2.51. The zero-order valence-electron chi connectivity index (χ0n) is 14.1. The Hall–Kier alpha value is -2.36. The van der Waals surface area contributed by atoms with Crippen LogP contribution in [0.4, 0.5) is 0 Å². The highest BCUT2D eigenvalue weighted by Gasteiger charge is 2.21. The number of carbonyl (C=O) groups is 2. The summed E-state index contributed by atoms with van der Waals surface area (Å²) in [5, 5.41) is 1.80. The third kappa shape index (κ3) is 3.70. The van der Waals surface area contributed by atoms with Crippen LogP contribution in [0.3, 0.4) is 0 Å². The topological polar surface area (TPSA) is 46.6 Å². The van der Waals surface area contributed by atoms with Crippen molar-refractivity contribution in [3.05, 3.63) is 42.0 Å². The van der Waals surface area contributed by atoms with Gasteiger partial charge in [-0.25, -0.2) is 0 Å². The molecule has 0 atom stereocenters. The minimum Gasteiger partial charge on any atom is -0.483 e. The minimum absolute atomic E-state index is 0.0739. The van der Waals surface area contributed by atoms with E-state index in [1.165, 1.54) is 0 Å². The van der Waals surface area contributed by atoms with Crippen molar-refractivity contribution in [1.82, 2.24) is 4.90 Å². The van der Waals surface area contributed by atoms with E-state index in [2.05, 4.69) is 0 Å². The van der Waals surface area contributed by atoms with Gasteiger partial charge >= 0.3 is 0 Å². The first-order valence-corrected chi connectivity index (χ1v) is 7.86. The first-order valence-electron chi connectivity index (χ1n) is 7.86. The fourth-order valence-corrected chi connectivity index (χ4v) is 2.91. The molecule has 0 bridgehead atoms. The number of carbonyl (C=O) groups excluding carboxylic acids is 2. The molecule has 0 saturated heterocycles. The monoisotopic (exact) mass is 313 g/mol. The summed E-state index contributed by atoms with van der Waals surface area (Å²) in [7, 11) is 0. The van der Waals surface area contributed by atoms with Crippen molar-refractivity contribution in [2.75, 3.05) is 6.61 Å². The summed E-state index contributed by atoms with van der Waals surface area (Å²) >= 11 is 0. The molecule has 1 amide bonds. The Labute approximate surface area is 137 Å². The molecule has 2 aromatic rings. The molecule has 4 heteroatoms. The predicted octanol–water partition coefficient (Wildman–Crippen LogP) is 3.68. The van der Waals surface area contributed by atoms with Crippen molar-refractivity contribution in [2.45, 2.75) is 39.8 Å². The first kappa shape index (κ1) is 17.0. The third-order valence-corrected chi connectivity index (χ3v) is 3.80. The molecule has 0 unspecified atom stereocenters. The summed E-state index contributed by atoms with van der Waals surface area (Å²) in [6.07, 6.45) is 0.783. The molecule has 4 nitrogen and oxygen atoms in total. The number of hydrogen-bond acceptors (Lipinski definition) is 3. The Bertz CT molecular complexity index is 699. The average molecular weight is 313 g/mol. The Balaban J connectivity index is 2.22. The molecule has 0 aliphatic carbocycles. The van der Waals surface area contributed by atoms with E-state index in [0.717, 1.165) is 17.1 Å². The molecule has 0 spiro atoms. The summed E-state index contributed by atoms with van der Waals surface area (Å²) in [6, 6.07) is 11.5. The van der Waals surface area contributed by atoms with Gasteiger partial charge in [-0.05, 0) is 44.5 Å². The largest absolute Gasteiger partial charge is 0.483 e. The highest BCUT2D eigenvalue weighted by atomic mass is 16.5. The second-order valence-electron chi connectivity index (χ2n) is 6.09. The molecule has 2 aromatic carbocycles. The lowest BCUT2D eigenvalue weighted by Crippen LogP contribution is -2.44. The zero-order valence-corrected chi connectivity index (χ0v) is 14.1. The first-order chi connectivity index (χ1) is 11.0. The van der Waals surface area contributed by atoms with E-state index in [9.17, 15) is 9.59 Å². The highest BCUT2D eigenvalue weighted by Crippen LogP contribution is 2.26. The highest BCUT2D eigenvalue weighted by molar-refractivity contribution is 6.00. The molecule has 0 saturated carbocycles. The van der Waals surface area contributed by atoms with Gasteiger partial charge in [0, 0.05) is 12.1 Å². The molecule has 0 aromatic heterocycles. The summed E-state index contributed by atoms with van der Waals surface area (Å²) in [5.41, 5.74) is 0.483. The summed E-state index contributed by atoms with van der Waals surface area (Å²) in [6.45, 7) is 7.83. The number of aldehydes is 1. The zero-order chi connectivity index (χ0) is 17.0. The van der Waals surface area contributed by atoms with Gasteiger partial charge in [-0.1, -0.05) is 30.3 Å². The van der Waals surface area contributed by atoms with Gasteiger partial charge in [0.05, 0.1) is 5.56 Å². The van der Waals surface area contributed by atoms with Crippen LogP contribution in [0.5, 0.6) is 5.75 Å². The van der Waals surface area contributed by atoms with Gasteiger partial charge in [0.15, 0.2) is 12.9 Å². The van der Waals surface area contributed by atoms with Crippen LogP contribution in [0.25, 0.3) is 10.8 Å². The molecule has 0 aliphatic rings. The molecular weight excluding hydrogens is 290 g/mol. The van der Waals surface area contributed by atoms with Crippen molar-refractivity contribution in [3.63, 3.8) is 0 Å². The summed E-state index contributed by atoms with van der Waals surface area (Å²) in [4.78, 5) is 25.6. The fraction of sp³-hybridized carbons (Fsp3) is 0.368. The number of amides is 1. The normalized spacial score (nSPS) is 11.0. The molecule has 0 N–H and O–H groups in total. The van der Waals surface area contributed by atoms with E-state index in [1.807, 2.05) is 58.0 Å². The number of ether oxygens (including phenoxy) is 1. The van der Waals surface area contributed by atoms with Gasteiger partial charge < -0.3 is 9.64 Å². The lowest BCUT2D eigenvalue weighted by Gasteiger charge is -2.30. The van der Waals surface area contributed by atoms with Crippen LogP contribution in [-0.2, 0) is 4.79 Å². The number of hydrogen-bond donors (Lipinski definition) is 0. The van der Waals surface area contributed by atoms with Crippen molar-refractivity contribution < 1.29 is 14.3 Å². The van der Waals surface area contributed by atoms with E-state index in [0.29, 0.717) is 11.3 Å². The molecule has 122 valence electrons. The molecule has 0 heterocycles. The van der Waals surface area contributed by atoms with Crippen molar-refractivity contribution in [2.24, 2.45) is 0 Å². The predicted molar refractivity (Wildman–Crippen MR) is 91.9 cm³/mol. The maximum atomic E-state index is 12.4. The lowest BCUT2D eigenvalue weighted by atomic mass is 10.0. The Morgan fingerprint density at radius 1 is 1.09 bits per heavy atom. The van der Waals surface area contributed by atoms with Crippen LogP contribution in [0, 0.1) is 0 Å². The van der Waals surface area contributed by atoms with E-state index >= 15 is 0 Å². The molecule has 0 radical (unpaired) electrons. The van der Waals surface area contributed by atoms with Crippen LogP contribution < -0.4 is 4.74 Å². The van der Waals surface area contributed by atoms with Gasteiger partial charge in [0.1, 0.15) is 5.75 Å². The van der Waals surface area contributed by atoms with Crippen LogP contribution in [0.1, 0.15) is 38.1 Å². The number of rotatable bonds is 6. The van der Waals surface area contributed by atoms with E-state index in [4.69, 9.17) is 4.74 Å². The SMILES string of the molecule is CC(C)N(C(=O)COc1ccc2ccccc2c1C=O)C(C)C. The van der Waals surface area contributed by atoms with Gasteiger partial charge in [-0.2, -0.15) is 0 Å². The summed E-state index contributed by atoms with van der Waals surface area (Å²) < 4.78 is 5.66. The third-order valence-electron chi connectivity index (χ3n) is 3.80. The lowest BCUT2D eigenvalue weighted by molar-refractivity contribution is -0.137. The molecular formula is C19H23NO3. The minimum atomic E-state index is -0.0833. The Morgan fingerprint density at radius 3 is 2.35 bits per heavy atom. The molecule has 2 rings (SSSR count). The maximum Gasteiger partial charge on any atom is 0.260 e. The van der Waals surface area contributed by atoms with Crippen LogP contribution in [0.15, 0.2) is 36.4 Å². The van der Waals surface area contributed by atoms with Crippen LogP contribution in [-0.4, -0.2) is 35.8 Å². The Kier molecular flexibility index (Phi) is 5.37. The van der Waals surface area contributed by atoms with Crippen molar-refractivity contribution in [3.8, 4) is 5.75 Å². The number of benzene rings is 2. The van der Waals surface area contributed by atoms with Crippen molar-refractivity contribution in [1.29, 1.82) is 0 Å². The second kappa shape index (κ2) is 7.27. The maximum absolute atomic E-state index is 12.4. The standard InChI is InChI=1S/C19H23NO3/c1-13(2)20(14(3)4)19(22)12-23-18-10-9-15-7-5-6-8-16(15)17(18)11-21/h5-11,13-14H,12H2,1-4H3. The van der Waals surface area contributed by atoms with Gasteiger partial charge in [-0.3, -0.25) is 9.59 Å². The number of fused-ring (bicyclic) bond motifs is 1. The van der Waals surface area contributed by atoms with Gasteiger partial charge in [0.25, 0.3) is 5.91 Å². The smallest absolute Gasteiger partial charge is 0.260 e. The quantitative estimate of drug-likeness (QED) is 0.764. The fourth-order valence-electron chi connectivity index (χ4n) is 2.91. The summed E-state index contributed by atoms with van der Waals surface area (Å²) in [5.74, 6) is 0.361. The van der Waals surface area contributed by atoms with Gasteiger partial charge in [0.2, 0.25) is 0 Å². The van der Waals surface area contributed by atoms with E-state index < -0.39 is 0 Å². The van der Waals surface area contributed by atoms with Gasteiger partial charge in [-0.15, -0.1) is 0 Å². The second-order valence-corrected chi connectivity index (χ2v) is 6.09. The van der Waals surface area contributed by atoms with E-state index in [1.54, 1.807) is 11.0 Å². The Morgan fingerprint density at radius 2 is 1.74 bits per heavy atom. The molecule has 23 heavy (non-hydrogen) atoms.